The summed E-state index contributed by atoms with van der Waals surface area (Å²) in [4.78, 5) is 41.2. The standard InChI is InChI=1S/C13H12O11/c14-7-3-1-6(5-8(7)15)2-4-9(16)13(24-22,12(19)20)10(23-21)11(17)18/h1-5,10,14-15,21-22H,(H,17,18)(H,19,20)/b4-2+. The van der Waals surface area contributed by atoms with Crippen LogP contribution in [0.15, 0.2) is 24.3 Å². The number of rotatable bonds is 8. The molecule has 1 rings (SSSR count). The monoisotopic (exact) mass is 344 g/mol. The number of benzene rings is 1. The SMILES string of the molecule is O=C(O)C(OO)C(OO)(C(=O)O)C(=O)/C=C/c1ccc(O)c(O)c1. The maximum Gasteiger partial charge on any atom is 0.351 e. The second-order valence-electron chi connectivity index (χ2n) is 4.40. The molecule has 0 aromatic heterocycles. The van der Waals surface area contributed by atoms with Crippen molar-refractivity contribution in [3.8, 4) is 11.5 Å². The van der Waals surface area contributed by atoms with Crippen molar-refractivity contribution in [2.45, 2.75) is 11.7 Å². The Morgan fingerprint density at radius 1 is 1.08 bits per heavy atom. The molecule has 0 aliphatic rings. The quantitative estimate of drug-likeness (QED) is 0.122. The van der Waals surface area contributed by atoms with E-state index in [0.29, 0.717) is 6.08 Å². The molecule has 1 aromatic carbocycles. The second-order valence-corrected chi connectivity index (χ2v) is 4.40. The van der Waals surface area contributed by atoms with E-state index in [9.17, 15) is 19.5 Å². The van der Waals surface area contributed by atoms with Gasteiger partial charge in [-0.3, -0.25) is 15.3 Å². The van der Waals surface area contributed by atoms with Crippen molar-refractivity contribution in [1.82, 2.24) is 0 Å². The lowest BCUT2D eigenvalue weighted by atomic mass is 9.90. The molecular formula is C13H12O11. The van der Waals surface area contributed by atoms with Crippen LogP contribution in [0.2, 0.25) is 0 Å². The van der Waals surface area contributed by atoms with Crippen LogP contribution in [-0.2, 0) is 24.2 Å². The summed E-state index contributed by atoms with van der Waals surface area (Å²) in [6, 6.07) is 3.32. The summed E-state index contributed by atoms with van der Waals surface area (Å²) in [6.07, 6.45) is -1.31. The van der Waals surface area contributed by atoms with Crippen LogP contribution >= 0.6 is 0 Å². The van der Waals surface area contributed by atoms with Gasteiger partial charge in [-0.05, 0) is 23.8 Å². The summed E-state index contributed by atoms with van der Waals surface area (Å²) in [5.41, 5.74) is -3.36. The van der Waals surface area contributed by atoms with Crippen LogP contribution in [0.5, 0.6) is 11.5 Å². The first-order valence-electron chi connectivity index (χ1n) is 6.04. The van der Waals surface area contributed by atoms with Crippen molar-refractivity contribution in [3.05, 3.63) is 29.8 Å². The summed E-state index contributed by atoms with van der Waals surface area (Å²) < 4.78 is 0. The van der Waals surface area contributed by atoms with Crippen LogP contribution in [-0.4, -0.2) is 60.4 Å². The Morgan fingerprint density at radius 2 is 1.71 bits per heavy atom. The van der Waals surface area contributed by atoms with Crippen molar-refractivity contribution >= 4 is 23.8 Å². The van der Waals surface area contributed by atoms with Crippen LogP contribution in [0.25, 0.3) is 6.08 Å². The third-order valence-corrected chi connectivity index (χ3v) is 2.95. The minimum atomic E-state index is -3.48. The van der Waals surface area contributed by atoms with Gasteiger partial charge in [0.25, 0.3) is 5.60 Å². The van der Waals surface area contributed by atoms with Crippen LogP contribution in [0, 0.1) is 0 Å². The molecule has 0 amide bonds. The largest absolute Gasteiger partial charge is 0.504 e. The Labute approximate surface area is 133 Å². The minimum Gasteiger partial charge on any atom is -0.504 e. The van der Waals surface area contributed by atoms with E-state index in [2.05, 4.69) is 9.78 Å². The molecule has 1 aromatic rings. The molecule has 2 atom stereocenters. The Bertz CT molecular complexity index is 680. The van der Waals surface area contributed by atoms with Gasteiger partial charge in [-0.2, -0.15) is 0 Å². The number of carbonyl (C=O) groups is 3. The average molecular weight is 344 g/mol. The highest BCUT2D eigenvalue weighted by Crippen LogP contribution is 2.26. The second kappa shape index (κ2) is 7.52. The van der Waals surface area contributed by atoms with E-state index in [1.807, 2.05) is 0 Å². The predicted molar refractivity (Wildman–Crippen MR) is 73.0 cm³/mol. The van der Waals surface area contributed by atoms with E-state index < -0.39 is 40.9 Å². The smallest absolute Gasteiger partial charge is 0.351 e. The highest BCUT2D eigenvalue weighted by molar-refractivity contribution is 6.16. The average Bonchev–Trinajstić information content (AvgIpc) is 2.52. The number of carboxylic acids is 2. The Kier molecular flexibility index (Phi) is 5.97. The lowest BCUT2D eigenvalue weighted by Crippen LogP contribution is -2.60. The predicted octanol–water partition coefficient (Wildman–Crippen LogP) is -0.0641. The molecule has 0 heterocycles. The highest BCUT2D eigenvalue weighted by Gasteiger charge is 2.59. The fraction of sp³-hybridized carbons (Fsp3) is 0.154. The Hall–Kier alpha value is -2.99. The minimum absolute atomic E-state index is 0.118. The van der Waals surface area contributed by atoms with Crippen molar-refractivity contribution in [3.63, 3.8) is 0 Å². The maximum absolute atomic E-state index is 12.0. The molecule has 0 saturated heterocycles. The number of hydrogen-bond acceptors (Lipinski definition) is 9. The molecule has 0 spiro atoms. The molecule has 6 N–H and O–H groups in total. The Balaban J connectivity index is 3.26. The van der Waals surface area contributed by atoms with Gasteiger partial charge in [0.05, 0.1) is 0 Å². The zero-order chi connectivity index (χ0) is 18.5. The fourth-order valence-electron chi connectivity index (χ4n) is 1.71. The van der Waals surface area contributed by atoms with Crippen LogP contribution in [0.1, 0.15) is 5.56 Å². The fourth-order valence-corrected chi connectivity index (χ4v) is 1.71. The van der Waals surface area contributed by atoms with E-state index in [0.717, 1.165) is 18.2 Å². The molecule has 11 heteroatoms. The number of ketones is 1. The number of carboxylic acid groups (broad SMARTS) is 2. The molecule has 0 fully saturated rings. The number of phenolic OH excluding ortho intramolecular Hbond substituents is 2. The van der Waals surface area contributed by atoms with Gasteiger partial charge in [0, 0.05) is 0 Å². The Morgan fingerprint density at radius 3 is 2.12 bits per heavy atom. The topological polar surface area (TPSA) is 191 Å². The van der Waals surface area contributed by atoms with Gasteiger partial charge in [0.15, 0.2) is 11.5 Å². The van der Waals surface area contributed by atoms with Gasteiger partial charge in [0.2, 0.25) is 11.9 Å². The van der Waals surface area contributed by atoms with Crippen LogP contribution < -0.4 is 0 Å². The molecule has 2 unspecified atom stereocenters. The van der Waals surface area contributed by atoms with E-state index in [1.165, 1.54) is 6.07 Å². The molecule has 0 aliphatic carbocycles. The number of carbonyl (C=O) groups excluding carboxylic acids is 1. The zero-order valence-corrected chi connectivity index (χ0v) is 11.7. The lowest BCUT2D eigenvalue weighted by Gasteiger charge is -2.26. The lowest BCUT2D eigenvalue weighted by molar-refractivity contribution is -0.365. The zero-order valence-electron chi connectivity index (χ0n) is 11.7. The number of phenols is 2. The first kappa shape index (κ1) is 19.1. The third kappa shape index (κ3) is 3.49. The molecule has 24 heavy (non-hydrogen) atoms. The van der Waals surface area contributed by atoms with Crippen molar-refractivity contribution in [2.24, 2.45) is 0 Å². The normalized spacial score (nSPS) is 14.9. The van der Waals surface area contributed by atoms with Gasteiger partial charge in [-0.1, -0.05) is 12.1 Å². The van der Waals surface area contributed by atoms with E-state index in [-0.39, 0.29) is 5.56 Å². The molecule has 0 bridgehead atoms. The van der Waals surface area contributed by atoms with Crippen LogP contribution in [0.3, 0.4) is 0 Å². The van der Waals surface area contributed by atoms with Gasteiger partial charge >= 0.3 is 11.9 Å². The summed E-state index contributed by atoms with van der Waals surface area (Å²) in [5, 5.41) is 53.6. The van der Waals surface area contributed by atoms with Crippen molar-refractivity contribution in [2.75, 3.05) is 0 Å². The first-order valence-corrected chi connectivity index (χ1v) is 6.04. The van der Waals surface area contributed by atoms with E-state index >= 15 is 0 Å². The van der Waals surface area contributed by atoms with Gasteiger partial charge in [0.1, 0.15) is 0 Å². The van der Waals surface area contributed by atoms with Crippen molar-refractivity contribution in [1.29, 1.82) is 0 Å². The van der Waals surface area contributed by atoms with E-state index in [4.69, 9.17) is 25.8 Å². The molecule has 0 aliphatic heterocycles. The maximum atomic E-state index is 12.0. The summed E-state index contributed by atoms with van der Waals surface area (Å²) in [7, 11) is 0. The van der Waals surface area contributed by atoms with Gasteiger partial charge in [-0.25, -0.2) is 19.4 Å². The highest BCUT2D eigenvalue weighted by atomic mass is 17.1. The van der Waals surface area contributed by atoms with Gasteiger partial charge in [-0.15, -0.1) is 0 Å². The summed E-state index contributed by atoms with van der Waals surface area (Å²) >= 11 is 0. The summed E-state index contributed by atoms with van der Waals surface area (Å²) in [6.45, 7) is 0. The van der Waals surface area contributed by atoms with Crippen LogP contribution in [0.4, 0.5) is 0 Å². The molecule has 130 valence electrons. The number of aliphatic carboxylic acids is 2. The first-order chi connectivity index (χ1) is 11.2. The number of hydrogen-bond donors (Lipinski definition) is 6. The van der Waals surface area contributed by atoms with Gasteiger partial charge < -0.3 is 20.4 Å². The molecular weight excluding hydrogens is 332 g/mol. The van der Waals surface area contributed by atoms with E-state index in [1.54, 1.807) is 0 Å². The number of aromatic hydroxyl groups is 2. The molecule has 0 saturated carbocycles. The molecule has 0 radical (unpaired) electrons. The summed E-state index contributed by atoms with van der Waals surface area (Å²) in [5.74, 6) is -6.91. The molecule has 11 nitrogen and oxygen atoms in total. The third-order valence-electron chi connectivity index (χ3n) is 2.95. The van der Waals surface area contributed by atoms with Crippen molar-refractivity contribution < 1.29 is 55.1 Å².